The Morgan fingerprint density at radius 1 is 0.306 bits per heavy atom. The van der Waals surface area contributed by atoms with Gasteiger partial charge in [-0.25, -0.2) is 0 Å². The Morgan fingerprint density at radius 3 is 0.702 bits per heavy atom. The quantitative estimate of drug-likeness (QED) is 0.0224. The lowest BCUT2D eigenvalue weighted by Crippen LogP contribution is -2.39. The zero-order valence-electron chi connectivity index (χ0n) is 71.8. The number of nitrogens with zero attached hydrogens (tertiary/aromatic N) is 6. The first kappa shape index (κ1) is 106. The van der Waals surface area contributed by atoms with Crippen LogP contribution in [0.1, 0.15) is 69.0 Å². The van der Waals surface area contributed by atoms with Crippen LogP contribution in [-0.2, 0) is 176 Å². The van der Waals surface area contributed by atoms with Crippen LogP contribution in [0.15, 0.2) is 60.7 Å². The van der Waals surface area contributed by atoms with Crippen LogP contribution in [0.25, 0.3) is 0 Å². The van der Waals surface area contributed by atoms with Gasteiger partial charge in [-0.2, -0.15) is 0 Å². The Bertz CT molecular complexity index is 3310. The van der Waals surface area contributed by atoms with Gasteiger partial charge in [0.2, 0.25) is 23.6 Å². The number of phenols is 2. The minimum atomic E-state index is -0.939. The average molecular weight is 1760 g/mol. The van der Waals surface area contributed by atoms with Gasteiger partial charge in [-0.1, -0.05) is 47.5 Å². The van der Waals surface area contributed by atoms with Crippen LogP contribution in [0.2, 0.25) is 0 Å². The van der Waals surface area contributed by atoms with Gasteiger partial charge >= 0.3 is 11.9 Å². The molecule has 696 valence electrons. The van der Waals surface area contributed by atoms with E-state index in [0.29, 0.717) is 137 Å². The van der Waals surface area contributed by atoms with E-state index >= 15 is 0 Å². The lowest BCUT2D eigenvalue weighted by molar-refractivity contribution is -0.139. The van der Waals surface area contributed by atoms with Crippen molar-refractivity contribution >= 4 is 48.5 Å². The summed E-state index contributed by atoms with van der Waals surface area (Å²) < 4.78 is 97.8. The molecule has 0 unspecified atom stereocenters. The monoisotopic (exact) mass is 1760 g/mol. The molecule has 2 aromatic carbocycles. The summed E-state index contributed by atoms with van der Waals surface area (Å²) in [5.41, 5.74) is 5.72. The number of aliphatic carboxylic acids is 2. The number of carbonyl (C=O) groups excluding carboxylic acids is 6. The summed E-state index contributed by atoms with van der Waals surface area (Å²) >= 11 is 0. The van der Waals surface area contributed by atoms with E-state index < -0.39 is 11.9 Å². The first-order valence-electron chi connectivity index (χ1n) is 41.7. The van der Waals surface area contributed by atoms with Crippen LogP contribution in [0.4, 0.5) is 0 Å². The third kappa shape index (κ3) is 53.6. The number of ether oxygens (including phenoxy) is 18. The Hall–Kier alpha value is -8.70. The molecule has 1 aliphatic heterocycles. The van der Waals surface area contributed by atoms with Crippen LogP contribution < -0.4 is 21.3 Å². The summed E-state index contributed by atoms with van der Waals surface area (Å²) in [5, 5.41) is 54.4. The van der Waals surface area contributed by atoms with E-state index in [1.165, 1.54) is 0 Å². The van der Waals surface area contributed by atoms with Crippen molar-refractivity contribution in [3.63, 3.8) is 0 Å². The highest BCUT2D eigenvalue weighted by atomic mass is 16.6. The summed E-state index contributed by atoms with van der Waals surface area (Å²) in [6.45, 7) is 14.1. The number of aromatic hydroxyl groups is 2. The van der Waals surface area contributed by atoms with Gasteiger partial charge in [0, 0.05) is 101 Å². The fourth-order valence-electron chi connectivity index (χ4n) is 12.1. The number of benzene rings is 2. The topological polar surface area (TPSA) is 470 Å². The molecule has 0 radical (unpaired) electrons. The van der Waals surface area contributed by atoms with E-state index in [1.807, 2.05) is 94.1 Å². The number of pyridine rings is 2. The molecule has 1 aliphatic rings. The molecular weight excluding hydrogens is 1630 g/mol. The second-order valence-electron chi connectivity index (χ2n) is 28.1. The van der Waals surface area contributed by atoms with Gasteiger partial charge in [-0.3, -0.25) is 67.9 Å². The first-order valence-corrected chi connectivity index (χ1v) is 41.7. The SMILES string of the molecule is Cc1cc2c(O)c(c1)CN(CC(=O)NCCOCCOCCOCCOCCC(=O)O)Cc1cccc(n1)CN(CC(=O)NCCOCCOCCOCCOCCC(=O)O)Cc1cc(C)cc(c1O)CN(CC(=O)NCCOCCOCCOCCOCCOC=O)Cc1cccc(n1)CN(CC(=O)NCCOCCOCCOCCOCCOC=O)C2. The number of carboxylic acids is 2. The number of nitrogens with one attached hydrogen (secondary N) is 4. The van der Waals surface area contributed by atoms with Crippen molar-refractivity contribution in [3.05, 3.63) is 117 Å². The Labute approximate surface area is 724 Å². The number of phenolic OH excluding ortho intramolecular Hbond substituents is 2. The number of hydrogen-bond acceptors (Lipinski definition) is 34. The van der Waals surface area contributed by atoms with Crippen molar-refractivity contribution in [2.24, 2.45) is 0 Å². The molecule has 2 aromatic heterocycles. The number of carboxylic acid groups (broad SMARTS) is 2. The Balaban J connectivity index is 1.39. The normalized spacial score (nSPS) is 13.2. The maximum absolute atomic E-state index is 14.1. The van der Waals surface area contributed by atoms with Crippen LogP contribution in [-0.4, -0.2) is 375 Å². The second kappa shape index (κ2) is 69.5. The van der Waals surface area contributed by atoms with E-state index in [0.717, 1.165) is 11.1 Å². The fraction of sp³-hybridized carbons (Fsp3) is 0.643. The molecule has 0 saturated heterocycles. The van der Waals surface area contributed by atoms with Gasteiger partial charge in [0.1, 0.15) is 24.7 Å². The molecule has 8 bridgehead atoms. The first-order chi connectivity index (χ1) is 60.5. The third-order valence-electron chi connectivity index (χ3n) is 17.6. The zero-order valence-corrected chi connectivity index (χ0v) is 71.8. The molecule has 4 amide bonds. The standard InChI is InChI=1S/C84H130N10O30/c1-67-49-69-53-91(61-77(97)85-11-17-109-23-29-115-35-33-113-27-21-107-15-9-81(101)102)57-73-5-3-6-74(89-73)58-92(62-78(98)86-12-18-110-24-30-116-36-34-114-28-22-108-16-10-82(103)104)54-70-50-68(2)52-72(84(70)106)56-94(64-80(100)88-14-20-112-26-32-118-38-40-120-42-44-122-46-48-124-66-96)60-76-8-4-7-75(90-76)59-93(55-71(51-67)83(69)105)63-79(99)87-13-19-111-25-31-117-37-39-119-41-43-121-45-47-123-65-95/h3-8,49-52,65-66,105-106H,9-48,53-64H2,1-2H3,(H,85,97)(H,86,98)(H,87,99)(H,88,100)(H,101,102)(H,103,104). The highest BCUT2D eigenvalue weighted by molar-refractivity contribution is 5.79. The van der Waals surface area contributed by atoms with Gasteiger partial charge in [0.05, 0.1) is 273 Å². The second-order valence-corrected chi connectivity index (χ2v) is 28.1. The summed E-state index contributed by atoms with van der Waals surface area (Å²) in [6.07, 6.45) is -0.175. The molecule has 40 nitrogen and oxygen atoms in total. The Morgan fingerprint density at radius 2 is 0.500 bits per heavy atom. The van der Waals surface area contributed by atoms with E-state index in [-0.39, 0.29) is 298 Å². The predicted octanol–water partition coefficient (Wildman–Crippen LogP) is 0.853. The zero-order chi connectivity index (χ0) is 88.9. The number of rotatable bonds is 70. The lowest BCUT2D eigenvalue weighted by atomic mass is 10.0. The van der Waals surface area contributed by atoms with Gasteiger partial charge < -0.3 is 127 Å². The fourth-order valence-corrected chi connectivity index (χ4v) is 12.1. The van der Waals surface area contributed by atoms with Gasteiger partial charge in [-0.15, -0.1) is 0 Å². The summed E-state index contributed by atoms with van der Waals surface area (Å²) in [5.74, 6) is -3.36. The van der Waals surface area contributed by atoms with Crippen LogP contribution >= 0.6 is 0 Å². The van der Waals surface area contributed by atoms with Gasteiger partial charge in [-0.05, 0) is 38.1 Å². The molecule has 8 N–H and O–H groups in total. The maximum Gasteiger partial charge on any atom is 0.305 e. The van der Waals surface area contributed by atoms with Crippen molar-refractivity contribution < 1.29 is 144 Å². The molecule has 4 aromatic rings. The minimum absolute atomic E-state index is 0.0509. The third-order valence-corrected chi connectivity index (χ3v) is 17.6. The molecule has 0 saturated carbocycles. The molecule has 40 heteroatoms. The summed E-state index contributed by atoms with van der Waals surface area (Å²) in [7, 11) is 0. The van der Waals surface area contributed by atoms with Crippen molar-refractivity contribution in [2.75, 3.05) is 277 Å². The smallest absolute Gasteiger partial charge is 0.305 e. The van der Waals surface area contributed by atoms with Crippen LogP contribution in [0.3, 0.4) is 0 Å². The number of amides is 4. The maximum atomic E-state index is 14.1. The average Bonchev–Trinajstić information content (AvgIpc) is 0.823. The van der Waals surface area contributed by atoms with Crippen LogP contribution in [0, 0.1) is 13.8 Å². The molecule has 0 fully saturated rings. The van der Waals surface area contributed by atoms with E-state index in [2.05, 4.69) is 30.7 Å². The number of carbonyl (C=O) groups is 8. The number of fused-ring (bicyclic) bond motifs is 8. The molecule has 3 heterocycles. The minimum Gasteiger partial charge on any atom is -0.507 e. The van der Waals surface area contributed by atoms with Gasteiger partial charge in [0.25, 0.3) is 12.9 Å². The van der Waals surface area contributed by atoms with Crippen molar-refractivity contribution in [1.29, 1.82) is 0 Å². The van der Waals surface area contributed by atoms with E-state index in [1.54, 1.807) is 0 Å². The van der Waals surface area contributed by atoms with Crippen molar-refractivity contribution in [3.8, 4) is 11.5 Å². The highest BCUT2D eigenvalue weighted by Crippen LogP contribution is 2.31. The van der Waals surface area contributed by atoms with Crippen molar-refractivity contribution in [2.45, 2.75) is 79.0 Å². The molecule has 124 heavy (non-hydrogen) atoms. The number of aromatic nitrogens is 2. The number of aryl methyl sites for hydroxylation is 2. The summed E-state index contributed by atoms with van der Waals surface area (Å²) in [4.78, 5) is 116. The molecular formula is C84H130N10O30. The molecule has 5 rings (SSSR count). The van der Waals surface area contributed by atoms with E-state index in [9.17, 15) is 48.6 Å². The summed E-state index contributed by atoms with van der Waals surface area (Å²) in [6, 6.07) is 18.3. The number of hydrogen-bond donors (Lipinski definition) is 8. The molecule has 0 atom stereocenters. The lowest BCUT2D eigenvalue weighted by Gasteiger charge is -2.27. The molecule has 0 spiro atoms. The van der Waals surface area contributed by atoms with Crippen LogP contribution in [0.5, 0.6) is 11.5 Å². The molecule has 0 aliphatic carbocycles. The largest absolute Gasteiger partial charge is 0.507 e. The van der Waals surface area contributed by atoms with Crippen molar-refractivity contribution in [1.82, 2.24) is 50.8 Å². The highest BCUT2D eigenvalue weighted by Gasteiger charge is 2.25. The Kier molecular flexibility index (Phi) is 59.3. The predicted molar refractivity (Wildman–Crippen MR) is 444 cm³/mol. The van der Waals surface area contributed by atoms with E-state index in [4.69, 9.17) is 96.0 Å². The van der Waals surface area contributed by atoms with Gasteiger partial charge in [0.15, 0.2) is 0 Å².